The van der Waals surface area contributed by atoms with Crippen LogP contribution in [0.4, 0.5) is 0 Å². The van der Waals surface area contributed by atoms with Crippen LogP contribution in [0.25, 0.3) is 0 Å². The molecule has 2 N–H and O–H groups in total. The van der Waals surface area contributed by atoms with Crippen molar-refractivity contribution in [2.45, 2.75) is 25.5 Å². The van der Waals surface area contributed by atoms with Crippen molar-refractivity contribution in [2.24, 2.45) is 7.05 Å². The van der Waals surface area contributed by atoms with E-state index in [1.807, 2.05) is 14.0 Å². The van der Waals surface area contributed by atoms with E-state index >= 15 is 0 Å². The van der Waals surface area contributed by atoms with Crippen LogP contribution in [0.3, 0.4) is 0 Å². The van der Waals surface area contributed by atoms with Gasteiger partial charge in [0, 0.05) is 31.5 Å². The van der Waals surface area contributed by atoms with E-state index in [4.69, 9.17) is 11.6 Å². The van der Waals surface area contributed by atoms with Gasteiger partial charge in [-0.2, -0.15) is 16.9 Å². The lowest BCUT2D eigenvalue weighted by Gasteiger charge is -2.21. The second kappa shape index (κ2) is 5.18. The maximum Gasteiger partial charge on any atom is 0.131 e. The first-order chi connectivity index (χ1) is 8.02. The molecule has 0 bridgehead atoms. The maximum absolute atomic E-state index is 10.2. The molecule has 1 unspecified atom stereocenters. The summed E-state index contributed by atoms with van der Waals surface area (Å²) in [6.07, 6.45) is 0.865. The average molecular weight is 276 g/mol. The summed E-state index contributed by atoms with van der Waals surface area (Å²) in [7, 11) is 1.83. The van der Waals surface area contributed by atoms with Crippen LogP contribution in [0.15, 0.2) is 0 Å². The van der Waals surface area contributed by atoms with Crippen LogP contribution in [0.5, 0.6) is 0 Å². The van der Waals surface area contributed by atoms with Crippen molar-refractivity contribution in [1.82, 2.24) is 15.1 Å². The van der Waals surface area contributed by atoms with Gasteiger partial charge in [0.25, 0.3) is 0 Å². The second-order valence-electron chi connectivity index (χ2n) is 4.61. The summed E-state index contributed by atoms with van der Waals surface area (Å²) < 4.78 is 1.67. The Bertz CT molecular complexity index is 402. The third-order valence-corrected chi connectivity index (χ3v) is 4.82. The van der Waals surface area contributed by atoms with Gasteiger partial charge in [0.1, 0.15) is 5.15 Å². The van der Waals surface area contributed by atoms with Crippen LogP contribution in [-0.2, 0) is 13.6 Å². The predicted molar refractivity (Wildman–Crippen MR) is 71.6 cm³/mol. The highest BCUT2D eigenvalue weighted by Crippen LogP contribution is 2.27. The Morgan fingerprint density at radius 1 is 1.65 bits per heavy atom. The van der Waals surface area contributed by atoms with Crippen molar-refractivity contribution in [3.63, 3.8) is 0 Å². The van der Waals surface area contributed by atoms with Crippen molar-refractivity contribution in [2.75, 3.05) is 18.1 Å². The topological polar surface area (TPSA) is 50.1 Å². The molecule has 0 spiro atoms. The molecule has 1 atom stereocenters. The highest BCUT2D eigenvalue weighted by Gasteiger charge is 2.31. The highest BCUT2D eigenvalue weighted by molar-refractivity contribution is 7.99. The van der Waals surface area contributed by atoms with E-state index in [2.05, 4.69) is 10.4 Å². The van der Waals surface area contributed by atoms with Gasteiger partial charge in [0.2, 0.25) is 0 Å². The first-order valence-electron chi connectivity index (χ1n) is 5.71. The molecule has 0 amide bonds. The van der Waals surface area contributed by atoms with E-state index in [1.165, 1.54) is 0 Å². The summed E-state index contributed by atoms with van der Waals surface area (Å²) in [6, 6.07) is 0. The number of nitrogens with zero attached hydrogens (tertiary/aromatic N) is 2. The number of halogens is 1. The number of hydrogen-bond acceptors (Lipinski definition) is 4. The van der Waals surface area contributed by atoms with Gasteiger partial charge in [-0.25, -0.2) is 0 Å². The smallest absolute Gasteiger partial charge is 0.131 e. The molecule has 0 aliphatic carbocycles. The Hall–Kier alpha value is -0.230. The molecule has 6 heteroatoms. The van der Waals surface area contributed by atoms with Crippen LogP contribution in [0, 0.1) is 6.92 Å². The van der Waals surface area contributed by atoms with Gasteiger partial charge < -0.3 is 10.4 Å². The number of rotatable bonds is 4. The van der Waals surface area contributed by atoms with Crippen molar-refractivity contribution < 1.29 is 5.11 Å². The van der Waals surface area contributed by atoms with Gasteiger partial charge in [-0.3, -0.25) is 4.68 Å². The number of aliphatic hydroxyl groups is 1. The molecule has 0 radical (unpaired) electrons. The second-order valence-corrected chi connectivity index (χ2v) is 6.07. The summed E-state index contributed by atoms with van der Waals surface area (Å²) >= 11 is 7.94. The van der Waals surface area contributed by atoms with Crippen molar-refractivity contribution >= 4 is 23.4 Å². The van der Waals surface area contributed by atoms with Crippen molar-refractivity contribution in [3.8, 4) is 0 Å². The van der Waals surface area contributed by atoms with Gasteiger partial charge in [0.05, 0.1) is 11.3 Å². The zero-order chi connectivity index (χ0) is 12.5. The van der Waals surface area contributed by atoms with E-state index in [1.54, 1.807) is 16.4 Å². The first kappa shape index (κ1) is 13.2. The van der Waals surface area contributed by atoms with Crippen LogP contribution in [-0.4, -0.2) is 38.5 Å². The van der Waals surface area contributed by atoms with Crippen LogP contribution in [0.2, 0.25) is 5.15 Å². The van der Waals surface area contributed by atoms with E-state index in [0.29, 0.717) is 18.2 Å². The molecule has 17 heavy (non-hydrogen) atoms. The van der Waals surface area contributed by atoms with Gasteiger partial charge in [-0.1, -0.05) is 11.6 Å². The van der Waals surface area contributed by atoms with Crippen LogP contribution < -0.4 is 5.32 Å². The molecule has 1 aromatic rings. The molecule has 0 aromatic carbocycles. The minimum atomic E-state index is -0.548. The minimum Gasteiger partial charge on any atom is -0.388 e. The maximum atomic E-state index is 10.2. The molecule has 96 valence electrons. The number of aromatic nitrogens is 2. The Balaban J connectivity index is 1.89. The quantitative estimate of drug-likeness (QED) is 0.871. The molecule has 2 heterocycles. The molecule has 1 aliphatic heterocycles. The monoisotopic (exact) mass is 275 g/mol. The van der Waals surface area contributed by atoms with Gasteiger partial charge in [-0.05, 0) is 19.1 Å². The van der Waals surface area contributed by atoms with Gasteiger partial charge in [-0.15, -0.1) is 0 Å². The fraction of sp³-hybridized carbons (Fsp3) is 0.727. The van der Waals surface area contributed by atoms with Gasteiger partial charge >= 0.3 is 0 Å². The Labute approximate surface area is 111 Å². The Morgan fingerprint density at radius 3 is 2.94 bits per heavy atom. The number of nitrogens with one attached hydrogen (secondary N) is 1. The molecule has 1 saturated heterocycles. The number of hydrogen-bond donors (Lipinski definition) is 2. The largest absolute Gasteiger partial charge is 0.388 e. The predicted octanol–water partition coefficient (Wildman–Crippen LogP) is 1.34. The molecule has 1 aliphatic rings. The number of aryl methyl sites for hydroxylation is 2. The van der Waals surface area contributed by atoms with Crippen molar-refractivity contribution in [1.29, 1.82) is 0 Å². The lowest BCUT2D eigenvalue weighted by molar-refractivity contribution is 0.0674. The minimum absolute atomic E-state index is 0.548. The molecular weight excluding hydrogens is 258 g/mol. The summed E-state index contributed by atoms with van der Waals surface area (Å²) in [4.78, 5) is 0. The fourth-order valence-electron chi connectivity index (χ4n) is 2.03. The van der Waals surface area contributed by atoms with Gasteiger partial charge in [0.15, 0.2) is 0 Å². The van der Waals surface area contributed by atoms with E-state index in [0.717, 1.165) is 29.2 Å². The molecule has 1 fully saturated rings. The number of thioether (sulfide) groups is 1. The molecule has 0 saturated carbocycles. The molecule has 4 nitrogen and oxygen atoms in total. The summed E-state index contributed by atoms with van der Waals surface area (Å²) in [5.41, 5.74) is 1.41. The molecular formula is C11H18ClN3OS. The molecule has 2 rings (SSSR count). The molecule has 1 aromatic heterocycles. The first-order valence-corrected chi connectivity index (χ1v) is 7.24. The Morgan fingerprint density at radius 2 is 2.41 bits per heavy atom. The fourth-order valence-corrected chi connectivity index (χ4v) is 3.57. The van der Waals surface area contributed by atoms with Crippen LogP contribution in [0.1, 0.15) is 17.7 Å². The average Bonchev–Trinajstić information content (AvgIpc) is 2.79. The summed E-state index contributed by atoms with van der Waals surface area (Å²) in [6.45, 7) is 3.22. The summed E-state index contributed by atoms with van der Waals surface area (Å²) in [5, 5.41) is 18.4. The van der Waals surface area contributed by atoms with Crippen molar-refractivity contribution in [3.05, 3.63) is 16.4 Å². The lowest BCUT2D eigenvalue weighted by Crippen LogP contribution is -2.40. The SMILES string of the molecule is Cc1nn(C)c(Cl)c1CNCC1(O)CCSC1. The highest BCUT2D eigenvalue weighted by atomic mass is 35.5. The standard InChI is InChI=1S/C11H18ClN3OS/c1-8-9(10(12)15(2)14-8)5-13-6-11(16)3-4-17-7-11/h13,16H,3-7H2,1-2H3. The van der Waals surface area contributed by atoms with Crippen LogP contribution >= 0.6 is 23.4 Å². The summed E-state index contributed by atoms with van der Waals surface area (Å²) in [5.74, 6) is 1.87. The third-order valence-electron chi connectivity index (χ3n) is 3.11. The third kappa shape index (κ3) is 2.96. The lowest BCUT2D eigenvalue weighted by atomic mass is 10.0. The van der Waals surface area contributed by atoms with E-state index in [-0.39, 0.29) is 0 Å². The Kier molecular flexibility index (Phi) is 4.02. The zero-order valence-electron chi connectivity index (χ0n) is 10.2. The normalized spacial score (nSPS) is 24.5. The van der Waals surface area contributed by atoms with E-state index < -0.39 is 5.60 Å². The zero-order valence-corrected chi connectivity index (χ0v) is 11.7. The van der Waals surface area contributed by atoms with E-state index in [9.17, 15) is 5.11 Å².